The van der Waals surface area contributed by atoms with E-state index in [1.807, 2.05) is 36.4 Å². The summed E-state index contributed by atoms with van der Waals surface area (Å²) < 4.78 is 22.8. The molecule has 0 bridgehead atoms. The lowest BCUT2D eigenvalue weighted by molar-refractivity contribution is 0.669. The molecular weight excluding hydrogens is 1080 g/mol. The molecule has 0 aliphatic heterocycles. The minimum atomic E-state index is 0.296. The molecule has 6 aromatic heterocycles. The molecule has 0 atom stereocenters. The highest BCUT2D eigenvalue weighted by molar-refractivity contribution is 6.22. The molecule has 6 heterocycles. The van der Waals surface area contributed by atoms with E-state index in [-0.39, 0.29) is 0 Å². The highest BCUT2D eigenvalue weighted by atomic mass is 16.3. The number of nitrogens with zero attached hydrogens (tertiary/aromatic N) is 6. The van der Waals surface area contributed by atoms with Gasteiger partial charge in [-0.3, -0.25) is 0 Å². The SMILES string of the molecule is [C-]#[N+]c1c(-n2c3ccccc3c3cc(-c4ccccc4)ccc32)c(C#N)c(-n2c3ccccc3c3cc4c(cc32)oc2ccccc24)c(-n2c3ccccc3c3cc(-c4ccccc4)ccc32)c1-n1c2ccccc2c2cc3c(cc21)oc1ccccc13. The molecule has 0 aliphatic carbocycles. The Labute approximate surface area is 501 Å². The van der Waals surface area contributed by atoms with Crippen molar-refractivity contribution in [2.24, 2.45) is 0 Å². The second kappa shape index (κ2) is 18.1. The number of furan rings is 2. The number of benzene rings is 13. The summed E-state index contributed by atoms with van der Waals surface area (Å²) in [6, 6.07) is 96.3. The summed E-state index contributed by atoms with van der Waals surface area (Å²) >= 11 is 0. The van der Waals surface area contributed by atoms with Gasteiger partial charge in [0, 0.05) is 76.8 Å². The molecule has 0 spiro atoms. The van der Waals surface area contributed by atoms with E-state index in [1.165, 1.54) is 0 Å². The Morgan fingerprint density at radius 3 is 1.06 bits per heavy atom. The molecule has 406 valence electrons. The van der Waals surface area contributed by atoms with Crippen molar-refractivity contribution in [1.29, 1.82) is 5.26 Å². The average molecular weight is 1120 g/mol. The number of aromatic nitrogens is 4. The smallest absolute Gasteiger partial charge is 0.237 e. The molecule has 19 aromatic rings. The predicted octanol–water partition coefficient (Wildman–Crippen LogP) is 21.6. The van der Waals surface area contributed by atoms with Crippen LogP contribution in [0.5, 0.6) is 0 Å². The van der Waals surface area contributed by atoms with Crippen LogP contribution in [0.3, 0.4) is 0 Å². The largest absolute Gasteiger partial charge is 0.456 e. The van der Waals surface area contributed by atoms with Crippen LogP contribution in [-0.4, -0.2) is 18.3 Å². The Hall–Kier alpha value is -12.4. The van der Waals surface area contributed by atoms with E-state index in [2.05, 4.69) is 255 Å². The Kier molecular flexibility index (Phi) is 9.87. The quantitative estimate of drug-likeness (QED) is 0.156. The number of hydrogen-bond donors (Lipinski definition) is 0. The zero-order valence-corrected chi connectivity index (χ0v) is 46.9. The molecule has 88 heavy (non-hydrogen) atoms. The van der Waals surface area contributed by atoms with Crippen LogP contribution in [0, 0.1) is 17.9 Å². The molecule has 0 radical (unpaired) electrons. The van der Waals surface area contributed by atoms with Crippen molar-refractivity contribution in [2.45, 2.75) is 0 Å². The summed E-state index contributed by atoms with van der Waals surface area (Å²) in [5.41, 5.74) is 17.2. The van der Waals surface area contributed by atoms with Gasteiger partial charge >= 0.3 is 0 Å². The van der Waals surface area contributed by atoms with Gasteiger partial charge in [0.1, 0.15) is 28.4 Å². The first-order valence-corrected chi connectivity index (χ1v) is 29.5. The molecule has 0 saturated heterocycles. The summed E-state index contributed by atoms with van der Waals surface area (Å²) in [5.74, 6) is 0. The summed E-state index contributed by atoms with van der Waals surface area (Å²) in [7, 11) is 0. The molecule has 0 fully saturated rings. The number of fused-ring (bicyclic) bond motifs is 18. The van der Waals surface area contributed by atoms with Crippen molar-refractivity contribution < 1.29 is 8.83 Å². The first kappa shape index (κ1) is 48.1. The molecule has 19 rings (SSSR count). The highest BCUT2D eigenvalue weighted by Crippen LogP contribution is 2.53. The van der Waals surface area contributed by atoms with Gasteiger partial charge in [-0.15, -0.1) is 0 Å². The molecular formula is C80H44N6O2. The van der Waals surface area contributed by atoms with E-state index in [0.29, 0.717) is 34.0 Å². The third kappa shape index (κ3) is 6.55. The lowest BCUT2D eigenvalue weighted by atomic mass is 10.0. The summed E-state index contributed by atoms with van der Waals surface area (Å²) in [6.07, 6.45) is 0. The van der Waals surface area contributed by atoms with Gasteiger partial charge in [0.05, 0.1) is 79.0 Å². The van der Waals surface area contributed by atoms with E-state index in [4.69, 9.17) is 13.7 Å². The molecule has 0 N–H and O–H groups in total. The van der Waals surface area contributed by atoms with Gasteiger partial charge in [-0.05, 0) is 95.1 Å². The minimum Gasteiger partial charge on any atom is -0.456 e. The number of rotatable bonds is 6. The first-order valence-electron chi connectivity index (χ1n) is 29.5. The molecule has 13 aromatic carbocycles. The predicted molar refractivity (Wildman–Crippen MR) is 360 cm³/mol. The van der Waals surface area contributed by atoms with Crippen LogP contribution in [0.4, 0.5) is 5.69 Å². The average Bonchev–Trinajstić information content (AvgIpc) is 1.73. The van der Waals surface area contributed by atoms with E-state index in [1.54, 1.807) is 0 Å². The number of para-hydroxylation sites is 6. The normalized spacial score (nSPS) is 12.1. The van der Waals surface area contributed by atoms with Gasteiger partial charge in [0.25, 0.3) is 0 Å². The first-order chi connectivity index (χ1) is 43.6. The van der Waals surface area contributed by atoms with Crippen LogP contribution in [0.1, 0.15) is 5.56 Å². The van der Waals surface area contributed by atoms with Crippen molar-refractivity contribution in [3.05, 3.63) is 284 Å². The molecule has 0 aliphatic rings. The van der Waals surface area contributed by atoms with Crippen LogP contribution in [0.25, 0.3) is 181 Å². The number of hydrogen-bond acceptors (Lipinski definition) is 3. The van der Waals surface area contributed by atoms with E-state index >= 15 is 0 Å². The fraction of sp³-hybridized carbons (Fsp3) is 0. The van der Waals surface area contributed by atoms with Gasteiger partial charge in [0.2, 0.25) is 5.69 Å². The summed E-state index contributed by atoms with van der Waals surface area (Å²) in [5, 5.41) is 25.0. The second-order valence-corrected chi connectivity index (χ2v) is 22.9. The van der Waals surface area contributed by atoms with Gasteiger partial charge in [-0.1, -0.05) is 182 Å². The molecule has 0 unspecified atom stereocenters. The summed E-state index contributed by atoms with van der Waals surface area (Å²) in [6.45, 7) is 10.0. The third-order valence-electron chi connectivity index (χ3n) is 18.4. The van der Waals surface area contributed by atoms with Gasteiger partial charge in [-0.25, -0.2) is 4.85 Å². The van der Waals surface area contributed by atoms with E-state index < -0.39 is 0 Å². The molecule has 0 amide bonds. The lowest BCUT2D eigenvalue weighted by Crippen LogP contribution is -2.14. The van der Waals surface area contributed by atoms with Crippen LogP contribution >= 0.6 is 0 Å². The Morgan fingerprint density at radius 2 is 0.625 bits per heavy atom. The minimum absolute atomic E-state index is 0.296. The monoisotopic (exact) mass is 1120 g/mol. The van der Waals surface area contributed by atoms with Gasteiger partial charge < -0.3 is 27.1 Å². The Bertz CT molecular complexity index is 6100. The zero-order valence-electron chi connectivity index (χ0n) is 46.9. The standard InChI is InChI=1S/C80H44N6O2/c1-82-76-77(83-64-30-14-8-24-51(64)57-40-49(36-38-68(57)83)47-20-4-2-5-21-47)63(46-81)78(85-66-32-16-10-26-53(66)59-42-61-55-28-12-18-34-72(55)87-74(61)44-70(59)85)80(84-65-31-15-9-25-52(65)58-41-50(37-39-69(58)84)48-22-6-3-7-23-48)79(76)86-67-33-17-11-27-54(67)60-43-62-56-29-13-19-35-73(56)88-75(62)45-71(60)86/h2-45H. The van der Waals surface area contributed by atoms with Crippen molar-refractivity contribution in [2.75, 3.05) is 0 Å². The fourth-order valence-corrected chi connectivity index (χ4v) is 14.7. The van der Waals surface area contributed by atoms with E-state index in [0.717, 1.165) is 153 Å². The van der Waals surface area contributed by atoms with Crippen LogP contribution in [0.2, 0.25) is 0 Å². The molecule has 8 heteroatoms. The van der Waals surface area contributed by atoms with Gasteiger partial charge in [0.15, 0.2) is 0 Å². The maximum atomic E-state index is 12.9. The topological polar surface area (TPSA) is 74.2 Å². The maximum Gasteiger partial charge on any atom is 0.237 e. The number of nitriles is 1. The van der Waals surface area contributed by atoms with Gasteiger partial charge in [-0.2, -0.15) is 5.26 Å². The van der Waals surface area contributed by atoms with Crippen LogP contribution in [0.15, 0.2) is 276 Å². The lowest BCUT2D eigenvalue weighted by Gasteiger charge is -2.27. The fourth-order valence-electron chi connectivity index (χ4n) is 14.7. The van der Waals surface area contributed by atoms with Crippen LogP contribution < -0.4 is 0 Å². The Morgan fingerprint density at radius 1 is 0.273 bits per heavy atom. The Balaban J connectivity index is 1.08. The second-order valence-electron chi connectivity index (χ2n) is 22.9. The van der Waals surface area contributed by atoms with Crippen LogP contribution in [-0.2, 0) is 0 Å². The molecule has 0 saturated carbocycles. The third-order valence-corrected chi connectivity index (χ3v) is 18.4. The van der Waals surface area contributed by atoms with E-state index in [9.17, 15) is 11.8 Å². The van der Waals surface area contributed by atoms with Crippen molar-refractivity contribution in [1.82, 2.24) is 18.3 Å². The van der Waals surface area contributed by atoms with Crippen molar-refractivity contribution in [3.63, 3.8) is 0 Å². The maximum absolute atomic E-state index is 12.9. The highest BCUT2D eigenvalue weighted by Gasteiger charge is 2.35. The molecule has 8 nitrogen and oxygen atoms in total. The summed E-state index contributed by atoms with van der Waals surface area (Å²) in [4.78, 5) is 4.87. The zero-order chi connectivity index (χ0) is 57.9. The van der Waals surface area contributed by atoms with Crippen molar-refractivity contribution in [3.8, 4) is 51.1 Å². The van der Waals surface area contributed by atoms with Crippen molar-refractivity contribution >= 4 is 137 Å².